The van der Waals surface area contributed by atoms with Crippen molar-refractivity contribution in [3.05, 3.63) is 60.6 Å². The normalized spacial score (nSPS) is 22.4. The molecule has 0 amide bonds. The summed E-state index contributed by atoms with van der Waals surface area (Å²) in [6, 6.07) is 14.7. The number of aliphatic hydroxyl groups is 1. The molecule has 0 radical (unpaired) electrons. The van der Waals surface area contributed by atoms with Crippen LogP contribution in [0.1, 0.15) is 18.4 Å². The molecule has 1 N–H and O–H groups in total. The van der Waals surface area contributed by atoms with Gasteiger partial charge in [-0.3, -0.25) is 3.97 Å². The minimum atomic E-state index is -0.845. The molecular formula is C19H19N3OS. The molecule has 1 aliphatic carbocycles. The zero-order valence-electron chi connectivity index (χ0n) is 13.2. The number of hydrogen-bond donors (Lipinski definition) is 2. The van der Waals surface area contributed by atoms with E-state index >= 15 is 0 Å². The van der Waals surface area contributed by atoms with Crippen molar-refractivity contribution < 1.29 is 5.11 Å². The minimum absolute atomic E-state index is 0.430. The maximum Gasteiger partial charge on any atom is 0.162 e. The smallest absolute Gasteiger partial charge is 0.162 e. The number of benzene rings is 2. The number of aliphatic imine (C=N–C) groups is 1. The molecule has 0 saturated heterocycles. The number of aliphatic hydroxyl groups excluding tert-OH is 1. The van der Waals surface area contributed by atoms with Crippen molar-refractivity contribution in [3.63, 3.8) is 0 Å². The van der Waals surface area contributed by atoms with Crippen LogP contribution in [0.3, 0.4) is 0 Å². The molecule has 2 aromatic carbocycles. The van der Waals surface area contributed by atoms with Crippen molar-refractivity contribution in [3.8, 4) is 0 Å². The van der Waals surface area contributed by atoms with Gasteiger partial charge in [-0.25, -0.2) is 9.98 Å². The average molecular weight is 337 g/mol. The quantitative estimate of drug-likeness (QED) is 0.711. The molecule has 3 aromatic rings. The molecule has 1 saturated carbocycles. The van der Waals surface area contributed by atoms with E-state index in [9.17, 15) is 5.11 Å². The van der Waals surface area contributed by atoms with E-state index in [1.807, 2.05) is 6.33 Å². The number of fused-ring (bicyclic) bond motifs is 2. The Kier molecular flexibility index (Phi) is 3.24. The summed E-state index contributed by atoms with van der Waals surface area (Å²) >= 11 is -0.845. The Morgan fingerprint density at radius 3 is 2.88 bits per heavy atom. The van der Waals surface area contributed by atoms with Gasteiger partial charge in [-0.1, -0.05) is 42.5 Å². The third kappa shape index (κ3) is 2.27. The number of nitrogens with zero attached hydrogens (tertiary/aromatic N) is 3. The van der Waals surface area contributed by atoms with Crippen LogP contribution in [0.15, 0.2) is 60.0 Å². The van der Waals surface area contributed by atoms with E-state index in [-0.39, 0.29) is 0 Å². The van der Waals surface area contributed by atoms with E-state index in [1.54, 1.807) is 6.20 Å². The SMILES string of the molecule is OC(Cc1cccc2ccccc12)[SH]1C(C2CC2)=Nc2cncn21. The van der Waals surface area contributed by atoms with Crippen LogP contribution in [0.25, 0.3) is 10.8 Å². The van der Waals surface area contributed by atoms with Crippen molar-refractivity contribution >= 4 is 32.7 Å². The molecule has 0 spiro atoms. The summed E-state index contributed by atoms with van der Waals surface area (Å²) in [7, 11) is 0. The predicted octanol–water partition coefficient (Wildman–Crippen LogP) is 3.82. The highest BCUT2D eigenvalue weighted by Crippen LogP contribution is 2.52. The Labute approximate surface area is 143 Å². The zero-order chi connectivity index (χ0) is 16.1. The van der Waals surface area contributed by atoms with Gasteiger partial charge < -0.3 is 5.11 Å². The summed E-state index contributed by atoms with van der Waals surface area (Å²) in [5, 5.41) is 14.7. The fourth-order valence-electron chi connectivity index (χ4n) is 3.48. The summed E-state index contributed by atoms with van der Waals surface area (Å²) in [5.41, 5.74) is 0.771. The molecule has 122 valence electrons. The Hall–Kier alpha value is -2.11. The molecule has 1 aliphatic heterocycles. The third-order valence-corrected chi connectivity index (χ3v) is 7.26. The van der Waals surface area contributed by atoms with E-state index in [1.165, 1.54) is 34.2 Å². The zero-order valence-corrected chi connectivity index (χ0v) is 14.1. The second-order valence-electron chi connectivity index (χ2n) is 6.51. The predicted molar refractivity (Wildman–Crippen MR) is 100 cm³/mol. The van der Waals surface area contributed by atoms with Crippen LogP contribution in [-0.4, -0.2) is 24.5 Å². The summed E-state index contributed by atoms with van der Waals surface area (Å²) in [4.78, 5) is 8.97. The highest BCUT2D eigenvalue weighted by atomic mass is 32.2. The highest BCUT2D eigenvalue weighted by Gasteiger charge is 2.38. The fourth-order valence-corrected chi connectivity index (χ4v) is 5.98. The summed E-state index contributed by atoms with van der Waals surface area (Å²) in [6.07, 6.45) is 6.69. The van der Waals surface area contributed by atoms with Crippen molar-refractivity contribution in [1.29, 1.82) is 0 Å². The molecule has 0 bridgehead atoms. The van der Waals surface area contributed by atoms with Gasteiger partial charge in [0.2, 0.25) is 0 Å². The second-order valence-corrected chi connectivity index (χ2v) is 8.68. The maximum absolute atomic E-state index is 11.1. The van der Waals surface area contributed by atoms with E-state index in [0.717, 1.165) is 5.82 Å². The standard InChI is InChI=1S/C19H19N3OS/c23-18(10-15-6-3-5-13-4-1-2-7-16(13)15)24-19(14-8-9-14)21-17-11-20-12-22(17)24/h1-7,11-12,14,18,23-24H,8-10H2. The highest BCUT2D eigenvalue weighted by molar-refractivity contribution is 8.29. The molecule has 2 atom stereocenters. The largest absolute Gasteiger partial charge is 0.382 e. The number of hydrogen-bond acceptors (Lipinski definition) is 3. The first-order chi connectivity index (χ1) is 11.8. The van der Waals surface area contributed by atoms with Gasteiger partial charge in [0.25, 0.3) is 0 Å². The van der Waals surface area contributed by atoms with Gasteiger partial charge in [-0.2, -0.15) is 0 Å². The van der Waals surface area contributed by atoms with Gasteiger partial charge in [-0.15, -0.1) is 11.1 Å². The lowest BCUT2D eigenvalue weighted by molar-refractivity contribution is 0.262. The average Bonchev–Trinajstić information content (AvgIpc) is 3.23. The first-order valence-electron chi connectivity index (χ1n) is 8.36. The van der Waals surface area contributed by atoms with E-state index < -0.39 is 16.5 Å². The topological polar surface area (TPSA) is 50.4 Å². The number of aromatic nitrogens is 2. The Bertz CT molecular complexity index is 939. The molecule has 4 nitrogen and oxygen atoms in total. The molecule has 2 unspecified atom stereocenters. The van der Waals surface area contributed by atoms with Gasteiger partial charge in [0.05, 0.1) is 11.2 Å². The van der Waals surface area contributed by atoms with Gasteiger partial charge in [0.1, 0.15) is 11.8 Å². The maximum atomic E-state index is 11.1. The van der Waals surface area contributed by atoms with Crippen LogP contribution < -0.4 is 0 Å². The van der Waals surface area contributed by atoms with Crippen LogP contribution in [0.4, 0.5) is 5.82 Å². The van der Waals surface area contributed by atoms with Crippen LogP contribution in [0, 0.1) is 5.92 Å². The Morgan fingerprint density at radius 2 is 2.00 bits per heavy atom. The minimum Gasteiger partial charge on any atom is -0.382 e. The number of rotatable bonds is 4. The third-order valence-electron chi connectivity index (χ3n) is 4.80. The molecule has 1 aromatic heterocycles. The number of thiol groups is 1. The molecule has 2 heterocycles. The molecule has 5 heteroatoms. The van der Waals surface area contributed by atoms with Crippen molar-refractivity contribution in [2.45, 2.75) is 24.7 Å². The van der Waals surface area contributed by atoms with Crippen molar-refractivity contribution in [1.82, 2.24) is 8.96 Å². The molecule has 2 aliphatic rings. The lowest BCUT2D eigenvalue weighted by atomic mass is 10.0. The summed E-state index contributed by atoms with van der Waals surface area (Å²) in [5.74, 6) is 1.47. The molecule has 24 heavy (non-hydrogen) atoms. The van der Waals surface area contributed by atoms with Crippen molar-refractivity contribution in [2.24, 2.45) is 10.9 Å². The molecular weight excluding hydrogens is 318 g/mol. The first kappa shape index (κ1) is 14.3. The van der Waals surface area contributed by atoms with Gasteiger partial charge in [0.15, 0.2) is 5.82 Å². The fraction of sp³-hybridized carbons (Fsp3) is 0.263. The van der Waals surface area contributed by atoms with Crippen LogP contribution in [0.5, 0.6) is 0 Å². The molecule has 1 fully saturated rings. The first-order valence-corrected chi connectivity index (χ1v) is 9.73. The summed E-state index contributed by atoms with van der Waals surface area (Å²) < 4.78 is 2.10. The van der Waals surface area contributed by atoms with E-state index in [4.69, 9.17) is 4.99 Å². The van der Waals surface area contributed by atoms with E-state index in [2.05, 4.69) is 51.4 Å². The van der Waals surface area contributed by atoms with Crippen LogP contribution in [0.2, 0.25) is 0 Å². The van der Waals surface area contributed by atoms with E-state index in [0.29, 0.717) is 12.3 Å². The Balaban J connectivity index is 1.50. The monoisotopic (exact) mass is 337 g/mol. The summed E-state index contributed by atoms with van der Waals surface area (Å²) in [6.45, 7) is 0. The van der Waals surface area contributed by atoms with Crippen LogP contribution >= 0.6 is 11.1 Å². The van der Waals surface area contributed by atoms with Gasteiger partial charge in [0, 0.05) is 12.3 Å². The second kappa shape index (κ2) is 5.46. The molecule has 5 rings (SSSR count). The van der Waals surface area contributed by atoms with Gasteiger partial charge >= 0.3 is 0 Å². The van der Waals surface area contributed by atoms with Crippen LogP contribution in [-0.2, 0) is 6.42 Å². The Morgan fingerprint density at radius 1 is 1.17 bits per heavy atom. The number of imidazole rings is 1. The van der Waals surface area contributed by atoms with Gasteiger partial charge in [-0.05, 0) is 29.2 Å². The van der Waals surface area contributed by atoms with Crippen molar-refractivity contribution in [2.75, 3.05) is 0 Å². The lowest BCUT2D eigenvalue weighted by Crippen LogP contribution is -2.20. The lowest BCUT2D eigenvalue weighted by Gasteiger charge is -2.26.